The standard InChI is InChI=1S/C14H17N3O3/c1-9(2)7-17-8-11(6-15-17)16-14(20)10-3-4-12(18)13(19)5-10/h3-6,8-9,18-19H,7H2,1-2H3,(H,16,20). The van der Waals surface area contributed by atoms with E-state index in [2.05, 4.69) is 24.3 Å². The van der Waals surface area contributed by atoms with E-state index in [1.165, 1.54) is 18.2 Å². The van der Waals surface area contributed by atoms with Crippen molar-refractivity contribution in [1.29, 1.82) is 0 Å². The van der Waals surface area contributed by atoms with Gasteiger partial charge < -0.3 is 15.5 Å². The average molecular weight is 275 g/mol. The molecule has 0 unspecified atom stereocenters. The maximum Gasteiger partial charge on any atom is 0.255 e. The largest absolute Gasteiger partial charge is 0.504 e. The average Bonchev–Trinajstić information content (AvgIpc) is 2.79. The molecular weight excluding hydrogens is 258 g/mol. The minimum Gasteiger partial charge on any atom is -0.504 e. The Labute approximate surface area is 116 Å². The predicted octanol–water partition coefficient (Wildman–Crippen LogP) is 2.20. The topological polar surface area (TPSA) is 87.4 Å². The number of nitrogens with one attached hydrogen (secondary N) is 1. The first-order valence-electron chi connectivity index (χ1n) is 6.31. The molecule has 1 aromatic carbocycles. The number of aromatic hydroxyl groups is 2. The zero-order valence-electron chi connectivity index (χ0n) is 11.4. The molecule has 0 aliphatic carbocycles. The van der Waals surface area contributed by atoms with Gasteiger partial charge in [0, 0.05) is 18.3 Å². The summed E-state index contributed by atoms with van der Waals surface area (Å²) >= 11 is 0. The second kappa shape index (κ2) is 5.64. The molecule has 3 N–H and O–H groups in total. The van der Waals surface area contributed by atoms with Crippen LogP contribution in [0.4, 0.5) is 5.69 Å². The first kappa shape index (κ1) is 13.9. The van der Waals surface area contributed by atoms with Gasteiger partial charge in [-0.3, -0.25) is 9.48 Å². The van der Waals surface area contributed by atoms with Crippen molar-refractivity contribution in [3.05, 3.63) is 36.2 Å². The fourth-order valence-electron chi connectivity index (χ4n) is 1.77. The van der Waals surface area contributed by atoms with Crippen LogP contribution in [0, 0.1) is 5.92 Å². The van der Waals surface area contributed by atoms with Crippen molar-refractivity contribution in [2.24, 2.45) is 5.92 Å². The maximum absolute atomic E-state index is 12.0. The molecule has 0 aliphatic rings. The van der Waals surface area contributed by atoms with Crippen LogP contribution in [0.1, 0.15) is 24.2 Å². The van der Waals surface area contributed by atoms with Crippen molar-refractivity contribution in [2.45, 2.75) is 20.4 Å². The SMILES string of the molecule is CC(C)Cn1cc(NC(=O)c2ccc(O)c(O)c2)cn1. The normalized spacial score (nSPS) is 10.8. The lowest BCUT2D eigenvalue weighted by Gasteiger charge is -2.05. The third-order valence-corrected chi connectivity index (χ3v) is 2.68. The molecule has 1 heterocycles. The highest BCUT2D eigenvalue weighted by Gasteiger charge is 2.10. The summed E-state index contributed by atoms with van der Waals surface area (Å²) in [4.78, 5) is 12.0. The molecule has 0 saturated carbocycles. The molecule has 106 valence electrons. The third-order valence-electron chi connectivity index (χ3n) is 2.68. The highest BCUT2D eigenvalue weighted by Crippen LogP contribution is 2.25. The summed E-state index contributed by atoms with van der Waals surface area (Å²) < 4.78 is 1.76. The summed E-state index contributed by atoms with van der Waals surface area (Å²) in [7, 11) is 0. The summed E-state index contributed by atoms with van der Waals surface area (Å²) in [6.07, 6.45) is 3.32. The Morgan fingerprint density at radius 2 is 2.10 bits per heavy atom. The number of rotatable bonds is 4. The van der Waals surface area contributed by atoms with Crippen LogP contribution in [0.5, 0.6) is 11.5 Å². The van der Waals surface area contributed by atoms with Gasteiger partial charge in [0.15, 0.2) is 11.5 Å². The quantitative estimate of drug-likeness (QED) is 0.746. The van der Waals surface area contributed by atoms with E-state index in [-0.39, 0.29) is 23.0 Å². The van der Waals surface area contributed by atoms with E-state index >= 15 is 0 Å². The van der Waals surface area contributed by atoms with Gasteiger partial charge in [-0.05, 0) is 24.1 Å². The molecule has 0 spiro atoms. The molecule has 2 aromatic rings. The molecule has 1 aromatic heterocycles. The Kier molecular flexibility index (Phi) is 3.93. The van der Waals surface area contributed by atoms with Crippen LogP contribution in [0.25, 0.3) is 0 Å². The van der Waals surface area contributed by atoms with Gasteiger partial charge in [0.25, 0.3) is 5.91 Å². The van der Waals surface area contributed by atoms with E-state index in [4.69, 9.17) is 0 Å². The van der Waals surface area contributed by atoms with Gasteiger partial charge >= 0.3 is 0 Å². The monoisotopic (exact) mass is 275 g/mol. The van der Waals surface area contributed by atoms with E-state index in [9.17, 15) is 15.0 Å². The number of carbonyl (C=O) groups excluding carboxylic acids is 1. The third kappa shape index (κ3) is 3.28. The number of hydrogen-bond acceptors (Lipinski definition) is 4. The van der Waals surface area contributed by atoms with Gasteiger partial charge in [0.05, 0.1) is 11.9 Å². The highest BCUT2D eigenvalue weighted by atomic mass is 16.3. The molecule has 0 saturated heterocycles. The Balaban J connectivity index is 2.07. The van der Waals surface area contributed by atoms with Crippen molar-refractivity contribution >= 4 is 11.6 Å². The summed E-state index contributed by atoms with van der Waals surface area (Å²) in [6.45, 7) is 4.94. The fraction of sp³-hybridized carbons (Fsp3) is 0.286. The summed E-state index contributed by atoms with van der Waals surface area (Å²) in [6, 6.07) is 3.92. The molecular formula is C14H17N3O3. The van der Waals surface area contributed by atoms with Gasteiger partial charge in [-0.15, -0.1) is 0 Å². The lowest BCUT2D eigenvalue weighted by atomic mass is 10.2. The zero-order chi connectivity index (χ0) is 14.7. The van der Waals surface area contributed by atoms with Crippen LogP contribution in [0.3, 0.4) is 0 Å². The Morgan fingerprint density at radius 1 is 1.35 bits per heavy atom. The molecule has 2 rings (SSSR count). The van der Waals surface area contributed by atoms with Crippen LogP contribution >= 0.6 is 0 Å². The number of aromatic nitrogens is 2. The number of amides is 1. The van der Waals surface area contributed by atoms with Crippen LogP contribution in [0.15, 0.2) is 30.6 Å². The second-order valence-corrected chi connectivity index (χ2v) is 5.00. The summed E-state index contributed by atoms with van der Waals surface area (Å²) in [5.74, 6) is -0.489. The minimum absolute atomic E-state index is 0.258. The zero-order valence-corrected chi connectivity index (χ0v) is 11.4. The van der Waals surface area contributed by atoms with Gasteiger partial charge in [-0.1, -0.05) is 13.8 Å². The van der Waals surface area contributed by atoms with Crippen molar-refractivity contribution in [1.82, 2.24) is 9.78 Å². The molecule has 20 heavy (non-hydrogen) atoms. The molecule has 6 nitrogen and oxygen atoms in total. The Hall–Kier alpha value is -2.50. The lowest BCUT2D eigenvalue weighted by Crippen LogP contribution is -2.11. The van der Waals surface area contributed by atoms with Crippen LogP contribution in [-0.2, 0) is 6.54 Å². The smallest absolute Gasteiger partial charge is 0.255 e. The van der Waals surface area contributed by atoms with Crippen LogP contribution < -0.4 is 5.32 Å². The first-order chi connectivity index (χ1) is 9.45. The second-order valence-electron chi connectivity index (χ2n) is 5.00. The number of anilines is 1. The summed E-state index contributed by atoms with van der Waals surface area (Å²) in [5, 5.41) is 25.4. The van der Waals surface area contributed by atoms with Gasteiger partial charge in [-0.2, -0.15) is 5.10 Å². The van der Waals surface area contributed by atoms with Crippen molar-refractivity contribution in [3.8, 4) is 11.5 Å². The number of benzene rings is 1. The van der Waals surface area contributed by atoms with Crippen LogP contribution in [0.2, 0.25) is 0 Å². The number of phenols is 2. The van der Waals surface area contributed by atoms with Crippen LogP contribution in [-0.4, -0.2) is 25.9 Å². The van der Waals surface area contributed by atoms with E-state index < -0.39 is 0 Å². The van der Waals surface area contributed by atoms with E-state index in [1.807, 2.05) is 0 Å². The number of nitrogens with zero attached hydrogens (tertiary/aromatic N) is 2. The van der Waals surface area contributed by atoms with Crippen molar-refractivity contribution in [3.63, 3.8) is 0 Å². The van der Waals surface area contributed by atoms with Gasteiger partial charge in [0.2, 0.25) is 0 Å². The van der Waals surface area contributed by atoms with E-state index in [0.717, 1.165) is 6.54 Å². The molecule has 0 radical (unpaired) electrons. The number of phenolic OH excluding ortho intramolecular Hbond substituents is 2. The Bertz CT molecular complexity index is 620. The minimum atomic E-state index is -0.371. The van der Waals surface area contributed by atoms with E-state index in [0.29, 0.717) is 11.6 Å². The molecule has 0 atom stereocenters. The molecule has 0 fully saturated rings. The summed E-state index contributed by atoms with van der Waals surface area (Å²) in [5.41, 5.74) is 0.847. The number of hydrogen-bond donors (Lipinski definition) is 3. The first-order valence-corrected chi connectivity index (χ1v) is 6.31. The van der Waals surface area contributed by atoms with E-state index in [1.54, 1.807) is 17.1 Å². The highest BCUT2D eigenvalue weighted by molar-refractivity contribution is 6.04. The predicted molar refractivity (Wildman–Crippen MR) is 74.8 cm³/mol. The van der Waals surface area contributed by atoms with Crippen molar-refractivity contribution < 1.29 is 15.0 Å². The maximum atomic E-state index is 12.0. The molecule has 6 heteroatoms. The molecule has 0 bridgehead atoms. The fourth-order valence-corrected chi connectivity index (χ4v) is 1.77. The molecule has 1 amide bonds. The lowest BCUT2D eigenvalue weighted by molar-refractivity contribution is 0.102. The van der Waals surface area contributed by atoms with Crippen molar-refractivity contribution in [2.75, 3.05) is 5.32 Å². The number of carbonyl (C=O) groups is 1. The van der Waals surface area contributed by atoms with Gasteiger partial charge in [-0.25, -0.2) is 0 Å². The van der Waals surface area contributed by atoms with Gasteiger partial charge in [0.1, 0.15) is 0 Å². The molecule has 0 aliphatic heterocycles. The Morgan fingerprint density at radius 3 is 2.75 bits per heavy atom.